The average Bonchev–Trinajstić information content (AvgIpc) is 2.32. The van der Waals surface area contributed by atoms with Gasteiger partial charge in [0, 0.05) is 16.7 Å². The molecule has 0 aliphatic heterocycles. The third kappa shape index (κ3) is 2.30. The Kier molecular flexibility index (Phi) is 3.50. The Labute approximate surface area is 109 Å². The summed E-state index contributed by atoms with van der Waals surface area (Å²) < 4.78 is 1.32. The second kappa shape index (κ2) is 4.92. The van der Waals surface area contributed by atoms with Crippen molar-refractivity contribution < 1.29 is 5.11 Å². The molecular formula is C13H13ClN2O2. The predicted octanol–water partition coefficient (Wildman–Crippen LogP) is 2.00. The standard InChI is InChI=1S/C13H13ClN2O2/c1-8-5-11(14)3-4-12(8)16-13(18)6-10(7-17)9(2)15-16/h3-6,17H,7H2,1-2H3. The van der Waals surface area contributed by atoms with Crippen LogP contribution < -0.4 is 5.56 Å². The minimum atomic E-state index is -0.268. The summed E-state index contributed by atoms with van der Waals surface area (Å²) >= 11 is 5.88. The highest BCUT2D eigenvalue weighted by Gasteiger charge is 2.08. The lowest BCUT2D eigenvalue weighted by Gasteiger charge is -2.10. The highest BCUT2D eigenvalue weighted by molar-refractivity contribution is 6.30. The van der Waals surface area contributed by atoms with Gasteiger partial charge in [0.05, 0.1) is 18.0 Å². The zero-order chi connectivity index (χ0) is 13.3. The van der Waals surface area contributed by atoms with Crippen molar-refractivity contribution in [3.63, 3.8) is 0 Å². The minimum absolute atomic E-state index is 0.186. The molecule has 0 saturated carbocycles. The van der Waals surface area contributed by atoms with Crippen LogP contribution in [0.2, 0.25) is 5.02 Å². The molecule has 0 aliphatic carbocycles. The van der Waals surface area contributed by atoms with E-state index in [1.165, 1.54) is 10.7 Å². The normalized spacial score (nSPS) is 10.7. The van der Waals surface area contributed by atoms with Crippen LogP contribution in [-0.4, -0.2) is 14.9 Å². The number of benzene rings is 1. The molecule has 0 saturated heterocycles. The second-order valence-electron chi connectivity index (χ2n) is 4.09. The lowest BCUT2D eigenvalue weighted by Crippen LogP contribution is -2.23. The molecular weight excluding hydrogens is 252 g/mol. The van der Waals surface area contributed by atoms with Gasteiger partial charge in [-0.2, -0.15) is 9.78 Å². The fourth-order valence-corrected chi connectivity index (χ4v) is 1.99. The van der Waals surface area contributed by atoms with Crippen LogP contribution in [0.4, 0.5) is 0 Å². The topological polar surface area (TPSA) is 55.1 Å². The summed E-state index contributed by atoms with van der Waals surface area (Å²) in [6, 6.07) is 6.65. The van der Waals surface area contributed by atoms with Crippen molar-refractivity contribution in [1.82, 2.24) is 9.78 Å². The van der Waals surface area contributed by atoms with Crippen LogP contribution in [0, 0.1) is 13.8 Å². The maximum Gasteiger partial charge on any atom is 0.271 e. The average molecular weight is 265 g/mol. The molecule has 0 radical (unpaired) electrons. The number of rotatable bonds is 2. The molecule has 0 fully saturated rings. The predicted molar refractivity (Wildman–Crippen MR) is 70.2 cm³/mol. The molecule has 0 unspecified atom stereocenters. The lowest BCUT2D eigenvalue weighted by atomic mass is 10.2. The lowest BCUT2D eigenvalue weighted by molar-refractivity contribution is 0.279. The van der Waals surface area contributed by atoms with Crippen LogP contribution in [0.15, 0.2) is 29.1 Å². The van der Waals surface area contributed by atoms with E-state index in [0.29, 0.717) is 22.0 Å². The molecule has 0 bridgehead atoms. The van der Waals surface area contributed by atoms with Crippen molar-refractivity contribution in [2.45, 2.75) is 20.5 Å². The number of hydrogen-bond acceptors (Lipinski definition) is 3. The Bertz CT molecular complexity index is 650. The van der Waals surface area contributed by atoms with Crippen LogP contribution in [0.25, 0.3) is 5.69 Å². The molecule has 2 rings (SSSR count). The van der Waals surface area contributed by atoms with E-state index in [1.807, 2.05) is 6.92 Å². The molecule has 2 aromatic rings. The monoisotopic (exact) mass is 264 g/mol. The first-order valence-corrected chi connectivity index (χ1v) is 5.88. The molecule has 5 heteroatoms. The molecule has 94 valence electrons. The van der Waals surface area contributed by atoms with E-state index in [2.05, 4.69) is 5.10 Å². The number of aliphatic hydroxyl groups excluding tert-OH is 1. The van der Waals surface area contributed by atoms with Crippen LogP contribution >= 0.6 is 11.6 Å². The van der Waals surface area contributed by atoms with E-state index in [9.17, 15) is 4.79 Å². The fraction of sp³-hybridized carbons (Fsp3) is 0.231. The molecule has 1 aromatic carbocycles. The zero-order valence-electron chi connectivity index (χ0n) is 10.1. The van der Waals surface area contributed by atoms with Gasteiger partial charge < -0.3 is 5.11 Å². The van der Waals surface area contributed by atoms with Gasteiger partial charge in [0.1, 0.15) is 0 Å². The summed E-state index contributed by atoms with van der Waals surface area (Å²) in [5.74, 6) is 0. The Morgan fingerprint density at radius 3 is 2.67 bits per heavy atom. The number of hydrogen-bond donors (Lipinski definition) is 1. The quantitative estimate of drug-likeness (QED) is 0.903. The first kappa shape index (κ1) is 12.8. The highest BCUT2D eigenvalue weighted by Crippen LogP contribution is 2.17. The smallest absolute Gasteiger partial charge is 0.271 e. The SMILES string of the molecule is Cc1cc(Cl)ccc1-n1nc(C)c(CO)cc1=O. The van der Waals surface area contributed by atoms with Gasteiger partial charge in [0.15, 0.2) is 0 Å². The first-order valence-electron chi connectivity index (χ1n) is 5.50. The molecule has 1 aromatic heterocycles. The number of halogens is 1. The van der Waals surface area contributed by atoms with Gasteiger partial charge >= 0.3 is 0 Å². The van der Waals surface area contributed by atoms with Gasteiger partial charge in [-0.1, -0.05) is 11.6 Å². The fourth-order valence-electron chi connectivity index (χ4n) is 1.77. The maximum atomic E-state index is 11.9. The van der Waals surface area contributed by atoms with Crippen molar-refractivity contribution in [1.29, 1.82) is 0 Å². The second-order valence-corrected chi connectivity index (χ2v) is 4.53. The summed E-state index contributed by atoms with van der Waals surface area (Å²) in [5, 5.41) is 13.9. The summed E-state index contributed by atoms with van der Waals surface area (Å²) in [6.45, 7) is 3.44. The summed E-state index contributed by atoms with van der Waals surface area (Å²) in [7, 11) is 0. The van der Waals surface area contributed by atoms with Crippen LogP contribution in [0.5, 0.6) is 0 Å². The third-order valence-corrected chi connectivity index (χ3v) is 3.01. The Hall–Kier alpha value is -1.65. The van der Waals surface area contributed by atoms with Crippen LogP contribution in [-0.2, 0) is 6.61 Å². The number of nitrogens with zero attached hydrogens (tertiary/aromatic N) is 2. The first-order chi connectivity index (χ1) is 8.52. The Morgan fingerprint density at radius 2 is 2.06 bits per heavy atom. The summed E-state index contributed by atoms with van der Waals surface area (Å²) in [6.07, 6.45) is 0. The van der Waals surface area contributed by atoms with Crippen molar-refractivity contribution in [3.8, 4) is 5.69 Å². The molecule has 1 N–H and O–H groups in total. The van der Waals surface area contributed by atoms with Gasteiger partial charge in [0.25, 0.3) is 5.56 Å². The molecule has 1 heterocycles. The van der Waals surface area contributed by atoms with E-state index >= 15 is 0 Å². The van der Waals surface area contributed by atoms with Crippen molar-refractivity contribution in [3.05, 3.63) is 56.5 Å². The summed E-state index contributed by atoms with van der Waals surface area (Å²) in [5.41, 5.74) is 2.47. The van der Waals surface area contributed by atoms with Crippen molar-refractivity contribution >= 4 is 11.6 Å². The van der Waals surface area contributed by atoms with E-state index in [4.69, 9.17) is 16.7 Å². The number of aliphatic hydroxyl groups is 1. The molecule has 0 spiro atoms. The number of aryl methyl sites for hydroxylation is 2. The third-order valence-electron chi connectivity index (χ3n) is 2.78. The Morgan fingerprint density at radius 1 is 1.33 bits per heavy atom. The summed E-state index contributed by atoms with van der Waals surface area (Å²) in [4.78, 5) is 11.9. The highest BCUT2D eigenvalue weighted by atomic mass is 35.5. The zero-order valence-corrected chi connectivity index (χ0v) is 10.9. The number of aromatic nitrogens is 2. The van der Waals surface area contributed by atoms with Gasteiger partial charge in [-0.3, -0.25) is 4.79 Å². The van der Waals surface area contributed by atoms with Crippen molar-refractivity contribution in [2.24, 2.45) is 0 Å². The molecule has 4 nitrogen and oxygen atoms in total. The van der Waals surface area contributed by atoms with Crippen LogP contribution in [0.1, 0.15) is 16.8 Å². The maximum absolute atomic E-state index is 11.9. The molecule has 0 aliphatic rings. The largest absolute Gasteiger partial charge is 0.392 e. The van der Waals surface area contributed by atoms with Crippen LogP contribution in [0.3, 0.4) is 0 Å². The van der Waals surface area contributed by atoms with Gasteiger partial charge in [-0.15, -0.1) is 0 Å². The van der Waals surface area contributed by atoms with Crippen molar-refractivity contribution in [2.75, 3.05) is 0 Å². The molecule has 18 heavy (non-hydrogen) atoms. The van der Waals surface area contributed by atoms with E-state index < -0.39 is 0 Å². The van der Waals surface area contributed by atoms with E-state index in [1.54, 1.807) is 25.1 Å². The Balaban J connectivity index is 2.64. The molecule has 0 amide bonds. The molecule has 0 atom stereocenters. The van der Waals surface area contributed by atoms with E-state index in [-0.39, 0.29) is 12.2 Å². The van der Waals surface area contributed by atoms with Gasteiger partial charge in [-0.25, -0.2) is 0 Å². The van der Waals surface area contributed by atoms with Gasteiger partial charge in [0.2, 0.25) is 0 Å². The minimum Gasteiger partial charge on any atom is -0.392 e. The van der Waals surface area contributed by atoms with Gasteiger partial charge in [-0.05, 0) is 37.6 Å². The van der Waals surface area contributed by atoms with E-state index in [0.717, 1.165) is 5.56 Å².